The van der Waals surface area contributed by atoms with E-state index in [1.54, 1.807) is 6.07 Å². The number of benzene rings is 2. The molecule has 0 spiro atoms. The van der Waals surface area contributed by atoms with Crippen molar-refractivity contribution in [3.8, 4) is 0 Å². The molecule has 0 aliphatic carbocycles. The van der Waals surface area contributed by atoms with Gasteiger partial charge in [0.25, 0.3) is 0 Å². The molecule has 0 amide bonds. The van der Waals surface area contributed by atoms with Gasteiger partial charge in [-0.1, -0.05) is 47.5 Å². The minimum atomic E-state index is -3.57. The monoisotopic (exact) mass is 388 g/mol. The fraction of sp³-hybridized carbons (Fsp3) is 0.429. The van der Waals surface area contributed by atoms with Crippen LogP contribution < -0.4 is 4.72 Å². The van der Waals surface area contributed by atoms with E-state index in [4.69, 9.17) is 4.74 Å². The smallest absolute Gasteiger partial charge is 0.240 e. The van der Waals surface area contributed by atoms with E-state index in [1.807, 2.05) is 26.0 Å². The van der Waals surface area contributed by atoms with Crippen molar-refractivity contribution in [2.24, 2.45) is 0 Å². The topological polar surface area (TPSA) is 58.6 Å². The molecule has 1 unspecified atom stereocenters. The molecule has 1 aliphatic heterocycles. The second-order valence-corrected chi connectivity index (χ2v) is 8.93. The summed E-state index contributed by atoms with van der Waals surface area (Å²) in [6.45, 7) is 9.12. The van der Waals surface area contributed by atoms with Crippen LogP contribution in [-0.4, -0.2) is 46.2 Å². The highest BCUT2D eigenvalue weighted by molar-refractivity contribution is 7.89. The summed E-state index contributed by atoms with van der Waals surface area (Å²) in [7, 11) is -3.57. The van der Waals surface area contributed by atoms with E-state index in [-0.39, 0.29) is 6.04 Å². The standard InChI is InChI=1S/C21H28N2O3S/c1-16-4-7-19(8-5-16)20(23-10-12-26-13-11-23)15-22-27(24,25)21-9-6-17(2)14-18(21)3/h4-9,14,20,22H,10-13,15H2,1-3H3. The summed E-state index contributed by atoms with van der Waals surface area (Å²) >= 11 is 0. The minimum Gasteiger partial charge on any atom is -0.379 e. The molecule has 0 aromatic heterocycles. The highest BCUT2D eigenvalue weighted by atomic mass is 32.2. The molecule has 1 atom stereocenters. The molecule has 1 saturated heterocycles. The fourth-order valence-corrected chi connectivity index (χ4v) is 4.77. The molecule has 3 rings (SSSR count). The molecule has 5 nitrogen and oxygen atoms in total. The molecule has 1 N–H and O–H groups in total. The number of hydrogen-bond acceptors (Lipinski definition) is 4. The first-order chi connectivity index (χ1) is 12.9. The summed E-state index contributed by atoms with van der Waals surface area (Å²) in [5.41, 5.74) is 4.12. The summed E-state index contributed by atoms with van der Waals surface area (Å²) < 4.78 is 34.1. The van der Waals surface area contributed by atoms with Crippen LogP contribution in [-0.2, 0) is 14.8 Å². The van der Waals surface area contributed by atoms with Gasteiger partial charge in [-0.3, -0.25) is 4.90 Å². The van der Waals surface area contributed by atoms with Gasteiger partial charge < -0.3 is 4.74 Å². The van der Waals surface area contributed by atoms with Crippen molar-refractivity contribution >= 4 is 10.0 Å². The highest BCUT2D eigenvalue weighted by Gasteiger charge is 2.25. The number of nitrogens with one attached hydrogen (secondary N) is 1. The van der Waals surface area contributed by atoms with Crippen molar-refractivity contribution < 1.29 is 13.2 Å². The van der Waals surface area contributed by atoms with Gasteiger partial charge in [0.2, 0.25) is 10.0 Å². The van der Waals surface area contributed by atoms with Gasteiger partial charge in [0.1, 0.15) is 0 Å². The minimum absolute atomic E-state index is 0.0185. The molecule has 27 heavy (non-hydrogen) atoms. The Labute approximate surface area is 162 Å². The third-order valence-corrected chi connectivity index (χ3v) is 6.62. The quantitative estimate of drug-likeness (QED) is 0.827. The Kier molecular flexibility index (Phi) is 6.32. The third kappa shape index (κ3) is 4.96. The predicted octanol–water partition coefficient (Wildman–Crippen LogP) is 2.96. The molecule has 0 radical (unpaired) electrons. The van der Waals surface area contributed by atoms with Crippen molar-refractivity contribution in [2.75, 3.05) is 32.8 Å². The zero-order chi connectivity index (χ0) is 19.4. The lowest BCUT2D eigenvalue weighted by Crippen LogP contribution is -2.43. The molecule has 1 aliphatic rings. The average Bonchev–Trinajstić information content (AvgIpc) is 2.64. The number of morpholine rings is 1. The number of hydrogen-bond donors (Lipinski definition) is 1. The first-order valence-corrected chi connectivity index (χ1v) is 10.8. The van der Waals surface area contributed by atoms with Crippen LogP contribution in [0.2, 0.25) is 0 Å². The summed E-state index contributed by atoms with van der Waals surface area (Å²) in [5, 5.41) is 0. The van der Waals surface area contributed by atoms with Gasteiger partial charge in [0.15, 0.2) is 0 Å². The number of ether oxygens (including phenoxy) is 1. The first-order valence-electron chi connectivity index (χ1n) is 9.32. The summed E-state index contributed by atoms with van der Waals surface area (Å²) in [4.78, 5) is 2.64. The molecule has 0 saturated carbocycles. The maximum absolute atomic E-state index is 12.9. The van der Waals surface area contributed by atoms with Crippen molar-refractivity contribution in [3.05, 3.63) is 64.7 Å². The van der Waals surface area contributed by atoms with Gasteiger partial charge in [-0.15, -0.1) is 0 Å². The van der Waals surface area contributed by atoms with Crippen molar-refractivity contribution in [1.29, 1.82) is 0 Å². The number of nitrogens with zero attached hydrogens (tertiary/aromatic N) is 1. The summed E-state index contributed by atoms with van der Waals surface area (Å²) in [6, 6.07) is 13.7. The Bertz CT molecular complexity index is 873. The Morgan fingerprint density at radius 1 is 1.00 bits per heavy atom. The van der Waals surface area contributed by atoms with E-state index in [1.165, 1.54) is 5.56 Å². The lowest BCUT2D eigenvalue weighted by Gasteiger charge is -2.35. The van der Waals surface area contributed by atoms with Crippen LogP contribution in [0.3, 0.4) is 0 Å². The van der Waals surface area contributed by atoms with Crippen molar-refractivity contribution in [1.82, 2.24) is 9.62 Å². The molecular weight excluding hydrogens is 360 g/mol. The van der Waals surface area contributed by atoms with Crippen molar-refractivity contribution in [3.63, 3.8) is 0 Å². The van der Waals surface area contributed by atoms with Crippen LogP contribution in [0.25, 0.3) is 0 Å². The van der Waals surface area contributed by atoms with Gasteiger partial charge in [0, 0.05) is 25.7 Å². The second-order valence-electron chi connectivity index (χ2n) is 7.20. The van der Waals surface area contributed by atoms with E-state index in [0.717, 1.165) is 29.8 Å². The van der Waals surface area contributed by atoms with E-state index in [0.29, 0.717) is 24.7 Å². The molecule has 1 heterocycles. The van der Waals surface area contributed by atoms with E-state index in [9.17, 15) is 8.42 Å². The second kappa shape index (κ2) is 8.52. The van der Waals surface area contributed by atoms with Crippen LogP contribution in [0.4, 0.5) is 0 Å². The zero-order valence-corrected chi connectivity index (χ0v) is 17.1. The summed E-state index contributed by atoms with van der Waals surface area (Å²) in [5.74, 6) is 0. The van der Waals surface area contributed by atoms with Crippen molar-refractivity contribution in [2.45, 2.75) is 31.7 Å². The van der Waals surface area contributed by atoms with E-state index in [2.05, 4.69) is 40.8 Å². The molecule has 2 aromatic carbocycles. The fourth-order valence-electron chi connectivity index (χ4n) is 3.50. The van der Waals surface area contributed by atoms with Crippen LogP contribution in [0, 0.1) is 20.8 Å². The Morgan fingerprint density at radius 2 is 1.63 bits per heavy atom. The van der Waals surface area contributed by atoms with Gasteiger partial charge in [-0.25, -0.2) is 13.1 Å². The highest BCUT2D eigenvalue weighted by Crippen LogP contribution is 2.23. The molecule has 6 heteroatoms. The molecular formula is C21H28N2O3S. The maximum Gasteiger partial charge on any atom is 0.240 e. The number of sulfonamides is 1. The number of rotatable bonds is 6. The maximum atomic E-state index is 12.9. The van der Waals surface area contributed by atoms with Crippen LogP contribution in [0.1, 0.15) is 28.3 Å². The number of aryl methyl sites for hydroxylation is 3. The van der Waals surface area contributed by atoms with E-state index < -0.39 is 10.0 Å². The lowest BCUT2D eigenvalue weighted by molar-refractivity contribution is 0.0172. The van der Waals surface area contributed by atoms with Gasteiger partial charge >= 0.3 is 0 Å². The summed E-state index contributed by atoms with van der Waals surface area (Å²) in [6.07, 6.45) is 0. The lowest BCUT2D eigenvalue weighted by atomic mass is 10.0. The van der Waals surface area contributed by atoms with E-state index >= 15 is 0 Å². The van der Waals surface area contributed by atoms with Gasteiger partial charge in [0.05, 0.1) is 18.1 Å². The SMILES string of the molecule is Cc1ccc(C(CNS(=O)(=O)c2ccc(C)cc2C)N2CCOCC2)cc1. The molecule has 1 fully saturated rings. The zero-order valence-electron chi connectivity index (χ0n) is 16.2. The third-order valence-electron chi connectivity index (χ3n) is 5.04. The average molecular weight is 389 g/mol. The Morgan fingerprint density at radius 3 is 2.26 bits per heavy atom. The Hall–Kier alpha value is -1.73. The van der Waals surface area contributed by atoms with Gasteiger partial charge in [-0.05, 0) is 38.0 Å². The molecule has 0 bridgehead atoms. The van der Waals surface area contributed by atoms with Gasteiger partial charge in [-0.2, -0.15) is 0 Å². The molecule has 2 aromatic rings. The van der Waals surface area contributed by atoms with Crippen LogP contribution in [0.15, 0.2) is 47.4 Å². The van der Waals surface area contributed by atoms with Crippen LogP contribution >= 0.6 is 0 Å². The molecule has 146 valence electrons. The van der Waals surface area contributed by atoms with Crippen LogP contribution in [0.5, 0.6) is 0 Å². The Balaban J connectivity index is 1.82. The normalized spacial score (nSPS) is 17.0. The largest absolute Gasteiger partial charge is 0.379 e. The predicted molar refractivity (Wildman–Crippen MR) is 107 cm³/mol. The first kappa shape index (κ1) is 20.0.